The van der Waals surface area contributed by atoms with Gasteiger partial charge < -0.3 is 19.0 Å². The van der Waals surface area contributed by atoms with Gasteiger partial charge in [0.25, 0.3) is 5.91 Å². The number of Topliss-reactive ketones (excluding diaryl/α,β-unsaturated/α-hetero) is 1. The van der Waals surface area contributed by atoms with Gasteiger partial charge in [-0.05, 0) is 54.8 Å². The second kappa shape index (κ2) is 10.1. The number of methoxy groups -OCH3 is 1. The quantitative estimate of drug-likeness (QED) is 0.269. The minimum atomic E-state index is -0.854. The van der Waals surface area contributed by atoms with Crippen molar-refractivity contribution in [3.8, 4) is 11.5 Å². The Hall–Kier alpha value is -4.52. The molecule has 7 heteroatoms. The first-order valence-electron chi connectivity index (χ1n) is 12.5. The van der Waals surface area contributed by atoms with E-state index in [2.05, 4.69) is 13.8 Å². The number of rotatable bonds is 8. The number of nitrogens with zero attached hydrogens (tertiary/aromatic N) is 1. The van der Waals surface area contributed by atoms with Crippen molar-refractivity contribution in [2.24, 2.45) is 5.92 Å². The molecule has 0 saturated heterocycles. The first kappa shape index (κ1) is 25.1. The van der Waals surface area contributed by atoms with Crippen LogP contribution in [0.3, 0.4) is 0 Å². The molecule has 0 radical (unpaired) electrons. The van der Waals surface area contributed by atoms with E-state index in [4.69, 9.17) is 13.9 Å². The summed E-state index contributed by atoms with van der Waals surface area (Å²) in [5, 5.41) is 11.8. The lowest BCUT2D eigenvalue weighted by Gasteiger charge is -2.27. The molecule has 1 unspecified atom stereocenters. The Morgan fingerprint density at radius 2 is 1.79 bits per heavy atom. The van der Waals surface area contributed by atoms with Crippen molar-refractivity contribution in [2.45, 2.75) is 26.8 Å². The summed E-state index contributed by atoms with van der Waals surface area (Å²) < 4.78 is 17.0. The normalized spacial score (nSPS) is 15.6. The van der Waals surface area contributed by atoms with Gasteiger partial charge in [-0.3, -0.25) is 14.5 Å². The number of fused-ring (bicyclic) bond motifs is 1. The van der Waals surface area contributed by atoms with Crippen molar-refractivity contribution < 1.29 is 28.6 Å². The van der Waals surface area contributed by atoms with Crippen LogP contribution in [-0.2, 0) is 4.79 Å². The zero-order valence-corrected chi connectivity index (χ0v) is 21.7. The van der Waals surface area contributed by atoms with Gasteiger partial charge in [-0.1, -0.05) is 55.8 Å². The van der Waals surface area contributed by atoms with E-state index in [9.17, 15) is 14.7 Å². The minimum absolute atomic E-state index is 0.00999. The second-order valence-corrected chi connectivity index (χ2v) is 9.77. The van der Waals surface area contributed by atoms with Crippen LogP contribution >= 0.6 is 0 Å². The Morgan fingerprint density at radius 1 is 1.05 bits per heavy atom. The number of ketones is 1. The number of para-hydroxylation sites is 1. The van der Waals surface area contributed by atoms with Crippen LogP contribution in [0.25, 0.3) is 11.0 Å². The fraction of sp³-hybridized carbons (Fsp3) is 0.226. The highest BCUT2D eigenvalue weighted by molar-refractivity contribution is 6.20. The molecule has 38 heavy (non-hydrogen) atoms. The lowest BCUT2D eigenvalue weighted by Crippen LogP contribution is -2.31. The van der Waals surface area contributed by atoms with Crippen LogP contribution in [0, 0.1) is 12.8 Å². The van der Waals surface area contributed by atoms with E-state index in [1.807, 2.05) is 31.2 Å². The molecule has 0 spiro atoms. The summed E-state index contributed by atoms with van der Waals surface area (Å²) >= 11 is 0. The number of aliphatic hydroxyl groups is 1. The van der Waals surface area contributed by atoms with Crippen LogP contribution in [0.15, 0.2) is 88.5 Å². The maximum absolute atomic E-state index is 13.9. The van der Waals surface area contributed by atoms with Gasteiger partial charge in [-0.2, -0.15) is 0 Å². The number of furan rings is 1. The van der Waals surface area contributed by atoms with E-state index < -0.39 is 23.5 Å². The third-order valence-corrected chi connectivity index (χ3v) is 6.46. The summed E-state index contributed by atoms with van der Waals surface area (Å²) in [6, 6.07) is 20.7. The van der Waals surface area contributed by atoms with Gasteiger partial charge >= 0.3 is 0 Å². The summed E-state index contributed by atoms with van der Waals surface area (Å²) in [5.41, 5.74) is 2.56. The van der Waals surface area contributed by atoms with E-state index >= 15 is 0 Å². The van der Waals surface area contributed by atoms with Crippen LogP contribution < -0.4 is 14.4 Å². The molecule has 0 aliphatic carbocycles. The highest BCUT2D eigenvalue weighted by Gasteiger charge is 2.45. The number of hydrogen-bond donors (Lipinski definition) is 1. The zero-order valence-electron chi connectivity index (χ0n) is 21.7. The smallest absolute Gasteiger partial charge is 0.294 e. The Bertz CT molecular complexity index is 1550. The minimum Gasteiger partial charge on any atom is -0.503 e. The van der Waals surface area contributed by atoms with E-state index in [0.717, 1.165) is 5.56 Å². The topological polar surface area (TPSA) is 89.2 Å². The Balaban J connectivity index is 1.58. The lowest BCUT2D eigenvalue weighted by atomic mass is 9.94. The largest absolute Gasteiger partial charge is 0.503 e. The van der Waals surface area contributed by atoms with Crippen molar-refractivity contribution in [3.05, 3.63) is 101 Å². The number of aliphatic hydroxyl groups excluding tert-OH is 1. The Kier molecular flexibility index (Phi) is 6.68. The third kappa shape index (κ3) is 4.52. The molecular weight excluding hydrogens is 482 g/mol. The maximum Gasteiger partial charge on any atom is 0.294 e. The number of ether oxygens (including phenoxy) is 2. The highest BCUT2D eigenvalue weighted by Crippen LogP contribution is 2.43. The number of aryl methyl sites for hydroxylation is 1. The summed E-state index contributed by atoms with van der Waals surface area (Å²) in [4.78, 5) is 28.8. The van der Waals surface area contributed by atoms with E-state index in [1.54, 1.807) is 48.5 Å². The van der Waals surface area contributed by atoms with Crippen molar-refractivity contribution >= 4 is 28.3 Å². The predicted molar refractivity (Wildman–Crippen MR) is 145 cm³/mol. The molecule has 0 saturated carbocycles. The number of amides is 1. The number of hydrogen-bond acceptors (Lipinski definition) is 6. The molecule has 7 nitrogen and oxygen atoms in total. The number of anilines is 1. The predicted octanol–water partition coefficient (Wildman–Crippen LogP) is 6.57. The van der Waals surface area contributed by atoms with Gasteiger partial charge in [0.05, 0.1) is 25.3 Å². The SMILES string of the molecule is COc1cccc2cc(C(=O)C3=C(O)C(=O)N(c4ccc(OCC(C)C)cc4)C3c3cccc(C)c3)oc12. The zero-order chi connectivity index (χ0) is 27.0. The molecule has 1 aliphatic heterocycles. The molecule has 1 amide bonds. The molecule has 1 aliphatic rings. The van der Waals surface area contributed by atoms with Gasteiger partial charge in [0, 0.05) is 11.1 Å². The van der Waals surface area contributed by atoms with Gasteiger partial charge in [0.1, 0.15) is 5.75 Å². The molecule has 194 valence electrons. The summed E-state index contributed by atoms with van der Waals surface area (Å²) in [6.07, 6.45) is 0. The average molecular weight is 512 g/mol. The van der Waals surface area contributed by atoms with Gasteiger partial charge in [0.15, 0.2) is 22.9 Å². The standard InChI is InChI=1S/C31H29NO6/c1-18(2)17-37-23-13-11-22(12-14-23)32-27(20-8-5-7-19(3)15-20)26(29(34)31(32)35)28(33)25-16-21-9-6-10-24(36-4)30(21)38-25/h5-16,18,27,34H,17H2,1-4H3. The highest BCUT2D eigenvalue weighted by atomic mass is 16.5. The van der Waals surface area contributed by atoms with Crippen LogP contribution in [-0.4, -0.2) is 30.5 Å². The Labute approximate surface area is 220 Å². The number of benzene rings is 3. The van der Waals surface area contributed by atoms with Gasteiger partial charge in [-0.15, -0.1) is 0 Å². The van der Waals surface area contributed by atoms with E-state index in [0.29, 0.717) is 46.2 Å². The van der Waals surface area contributed by atoms with Gasteiger partial charge in [0.2, 0.25) is 5.78 Å². The molecule has 1 aromatic heterocycles. The maximum atomic E-state index is 13.9. The van der Waals surface area contributed by atoms with E-state index in [1.165, 1.54) is 12.0 Å². The molecule has 2 heterocycles. The molecule has 1 N–H and O–H groups in total. The van der Waals surface area contributed by atoms with Crippen LogP contribution in [0.2, 0.25) is 0 Å². The Morgan fingerprint density at radius 3 is 2.47 bits per heavy atom. The van der Waals surface area contributed by atoms with Crippen molar-refractivity contribution in [3.63, 3.8) is 0 Å². The molecule has 0 bridgehead atoms. The molecule has 0 fully saturated rings. The lowest BCUT2D eigenvalue weighted by molar-refractivity contribution is -0.117. The monoisotopic (exact) mass is 511 g/mol. The fourth-order valence-electron chi connectivity index (χ4n) is 4.67. The van der Waals surface area contributed by atoms with Crippen molar-refractivity contribution in [2.75, 3.05) is 18.6 Å². The molecule has 4 aromatic rings. The summed E-state index contributed by atoms with van der Waals surface area (Å²) in [6.45, 7) is 6.63. The van der Waals surface area contributed by atoms with Crippen LogP contribution in [0.5, 0.6) is 11.5 Å². The third-order valence-electron chi connectivity index (χ3n) is 6.46. The number of carbonyl (C=O) groups excluding carboxylic acids is 2. The van der Waals surface area contributed by atoms with Crippen molar-refractivity contribution in [1.29, 1.82) is 0 Å². The second-order valence-electron chi connectivity index (χ2n) is 9.77. The summed E-state index contributed by atoms with van der Waals surface area (Å²) in [7, 11) is 1.52. The first-order chi connectivity index (χ1) is 18.3. The number of carbonyl (C=O) groups is 2. The average Bonchev–Trinajstić information content (AvgIpc) is 3.46. The van der Waals surface area contributed by atoms with E-state index in [-0.39, 0.29) is 11.3 Å². The molecule has 5 rings (SSSR count). The van der Waals surface area contributed by atoms with Crippen LogP contribution in [0.4, 0.5) is 5.69 Å². The molecular formula is C31H29NO6. The van der Waals surface area contributed by atoms with Crippen molar-refractivity contribution in [1.82, 2.24) is 0 Å². The summed E-state index contributed by atoms with van der Waals surface area (Å²) in [5.74, 6) is -0.299. The van der Waals surface area contributed by atoms with Crippen LogP contribution in [0.1, 0.15) is 41.6 Å². The molecule has 3 aromatic carbocycles. The fourth-order valence-corrected chi connectivity index (χ4v) is 4.67. The van der Waals surface area contributed by atoms with Gasteiger partial charge in [-0.25, -0.2) is 0 Å². The molecule has 1 atom stereocenters. The first-order valence-corrected chi connectivity index (χ1v) is 12.5.